The van der Waals surface area contributed by atoms with E-state index in [-0.39, 0.29) is 25.0 Å². The number of rotatable bonds is 6. The molecule has 1 N–H and O–H groups in total. The van der Waals surface area contributed by atoms with E-state index in [1.54, 1.807) is 0 Å². The number of furan rings is 1. The van der Waals surface area contributed by atoms with Gasteiger partial charge in [0.2, 0.25) is 0 Å². The maximum Gasteiger partial charge on any atom is 0.334 e. The van der Waals surface area contributed by atoms with Crippen LogP contribution < -0.4 is 0 Å². The Bertz CT molecular complexity index is 1520. The number of esters is 2. The fourth-order valence-electron chi connectivity index (χ4n) is 4.12. The van der Waals surface area contributed by atoms with Gasteiger partial charge < -0.3 is 19.0 Å². The lowest BCUT2D eigenvalue weighted by Gasteiger charge is -2.09. The third kappa shape index (κ3) is 7.70. The fourth-order valence-corrected chi connectivity index (χ4v) is 4.12. The van der Waals surface area contributed by atoms with E-state index in [1.807, 2.05) is 91.9 Å². The van der Waals surface area contributed by atoms with Gasteiger partial charge in [-0.3, -0.25) is 4.79 Å². The zero-order chi connectivity index (χ0) is 27.6. The Hall–Kier alpha value is -4.60. The Kier molecular flexibility index (Phi) is 9.34. The number of fused-ring (bicyclic) bond motifs is 1. The van der Waals surface area contributed by atoms with Crippen molar-refractivity contribution in [3.05, 3.63) is 112 Å². The van der Waals surface area contributed by atoms with Crippen molar-refractivity contribution in [3.63, 3.8) is 0 Å². The van der Waals surface area contributed by atoms with Crippen LogP contribution in [0, 0.1) is 18.8 Å². The third-order valence-corrected chi connectivity index (χ3v) is 6.10. The van der Waals surface area contributed by atoms with Crippen molar-refractivity contribution >= 4 is 29.0 Å². The molecule has 5 rings (SSSR count). The van der Waals surface area contributed by atoms with Crippen molar-refractivity contribution in [2.45, 2.75) is 32.3 Å². The number of aryl methyl sites for hydroxylation is 2. The summed E-state index contributed by atoms with van der Waals surface area (Å²) in [6.07, 6.45) is 2.36. The number of cyclic esters (lactones) is 1. The van der Waals surface area contributed by atoms with Crippen LogP contribution in [0.1, 0.15) is 40.9 Å². The second-order valence-electron chi connectivity index (χ2n) is 9.08. The number of aliphatic hydroxyl groups excluding tert-OH is 1. The quantitative estimate of drug-likeness (QED) is 0.201. The summed E-state index contributed by atoms with van der Waals surface area (Å²) in [4.78, 5) is 24.4. The number of hydrogen-bond acceptors (Lipinski definition) is 6. The molecule has 39 heavy (non-hydrogen) atoms. The Morgan fingerprint density at radius 1 is 1.00 bits per heavy atom. The summed E-state index contributed by atoms with van der Waals surface area (Å²) in [5.74, 6) is 6.35. The van der Waals surface area contributed by atoms with Crippen LogP contribution in [0.5, 0.6) is 0 Å². The maximum absolute atomic E-state index is 12.3. The normalized spacial score (nSPS) is 15.2. The molecule has 0 spiro atoms. The van der Waals surface area contributed by atoms with Crippen LogP contribution in [0.4, 0.5) is 0 Å². The van der Waals surface area contributed by atoms with Gasteiger partial charge in [0.05, 0.1) is 6.42 Å². The topological polar surface area (TPSA) is 86.0 Å². The van der Waals surface area contributed by atoms with Crippen LogP contribution in [0.2, 0.25) is 0 Å². The van der Waals surface area contributed by atoms with E-state index in [9.17, 15) is 9.59 Å². The van der Waals surface area contributed by atoms with Crippen molar-refractivity contribution in [2.24, 2.45) is 0 Å². The van der Waals surface area contributed by atoms with Gasteiger partial charge in [0.1, 0.15) is 24.1 Å². The van der Waals surface area contributed by atoms with E-state index in [0.29, 0.717) is 24.2 Å². The fraction of sp³-hybridized carbons (Fsp3) is 0.212. The van der Waals surface area contributed by atoms with Crippen molar-refractivity contribution in [2.75, 3.05) is 13.7 Å². The lowest BCUT2D eigenvalue weighted by atomic mass is 10.1. The molecule has 2 heterocycles. The molecule has 4 aromatic rings. The van der Waals surface area contributed by atoms with E-state index in [0.717, 1.165) is 34.8 Å². The molecule has 3 aromatic carbocycles. The van der Waals surface area contributed by atoms with Gasteiger partial charge in [0, 0.05) is 42.0 Å². The Morgan fingerprint density at radius 3 is 2.49 bits per heavy atom. The minimum Gasteiger partial charge on any atom is -0.462 e. The summed E-state index contributed by atoms with van der Waals surface area (Å²) in [5.41, 5.74) is 5.33. The lowest BCUT2D eigenvalue weighted by Crippen LogP contribution is -2.18. The van der Waals surface area contributed by atoms with Crippen LogP contribution in [-0.4, -0.2) is 36.9 Å². The summed E-state index contributed by atoms with van der Waals surface area (Å²) in [7, 11) is 1.00. The number of carbonyl (C=O) groups excluding carboxylic acids is 2. The maximum atomic E-state index is 12.3. The Labute approximate surface area is 227 Å². The molecule has 1 aliphatic heterocycles. The second kappa shape index (κ2) is 13.3. The number of carbonyl (C=O) groups is 2. The van der Waals surface area contributed by atoms with Crippen molar-refractivity contribution in [3.8, 4) is 11.8 Å². The molecule has 198 valence electrons. The second-order valence-corrected chi connectivity index (χ2v) is 9.08. The highest BCUT2D eigenvalue weighted by Gasteiger charge is 2.29. The smallest absolute Gasteiger partial charge is 0.334 e. The van der Waals surface area contributed by atoms with Crippen LogP contribution in [-0.2, 0) is 25.5 Å². The van der Waals surface area contributed by atoms with E-state index < -0.39 is 6.10 Å². The highest BCUT2D eigenvalue weighted by molar-refractivity contribution is 5.95. The molecular formula is C33H30O6. The molecule has 6 heteroatoms. The first kappa shape index (κ1) is 27.4. The standard InChI is InChI=1S/C32H26O5.CH4O/c1-22-7-9-23(10-8-22)11-12-25-13-15-30-26(17-25)19-28(36-30)14-16-31(33)35-21-29-20-27(32(34)37-29)18-24-5-3-2-4-6-24;1-2/h2-10,13,15,17-19,29H,14,16,20-21H2,1H3;2H,1H3/b27-18+;. The highest BCUT2D eigenvalue weighted by atomic mass is 16.6. The van der Waals surface area contributed by atoms with Crippen LogP contribution in [0.15, 0.2) is 88.9 Å². The van der Waals surface area contributed by atoms with Crippen molar-refractivity contribution in [1.82, 2.24) is 0 Å². The molecule has 0 amide bonds. The van der Waals surface area contributed by atoms with E-state index >= 15 is 0 Å². The average Bonchev–Trinajstić information content (AvgIpc) is 3.54. The minimum absolute atomic E-state index is 0.0415. The van der Waals surface area contributed by atoms with Crippen LogP contribution >= 0.6 is 0 Å². The molecule has 6 nitrogen and oxygen atoms in total. The molecule has 1 aromatic heterocycles. The molecule has 0 radical (unpaired) electrons. The van der Waals surface area contributed by atoms with Gasteiger partial charge in [-0.2, -0.15) is 0 Å². The lowest BCUT2D eigenvalue weighted by molar-refractivity contribution is -0.152. The van der Waals surface area contributed by atoms with Crippen LogP contribution in [0.3, 0.4) is 0 Å². The molecule has 1 unspecified atom stereocenters. The summed E-state index contributed by atoms with van der Waals surface area (Å²) >= 11 is 0. The predicted molar refractivity (Wildman–Crippen MR) is 150 cm³/mol. The third-order valence-electron chi connectivity index (χ3n) is 6.10. The van der Waals surface area contributed by atoms with Gasteiger partial charge in [0.25, 0.3) is 0 Å². The SMILES string of the molecule is CO.Cc1ccc(C#Cc2ccc3oc(CCC(=O)OCC4C/C(=C\c5ccccc5)C(=O)O4)cc3c2)cc1. The molecular weight excluding hydrogens is 492 g/mol. The zero-order valence-electron chi connectivity index (χ0n) is 22.0. The van der Waals surface area contributed by atoms with E-state index in [1.165, 1.54) is 5.56 Å². The molecule has 1 aliphatic rings. The van der Waals surface area contributed by atoms with Crippen molar-refractivity contribution < 1.29 is 28.6 Å². The minimum atomic E-state index is -0.461. The van der Waals surface area contributed by atoms with E-state index in [2.05, 4.69) is 11.8 Å². The molecule has 1 fully saturated rings. The van der Waals surface area contributed by atoms with Crippen molar-refractivity contribution in [1.29, 1.82) is 0 Å². The Balaban J connectivity index is 0.00000172. The van der Waals surface area contributed by atoms with Gasteiger partial charge >= 0.3 is 11.9 Å². The van der Waals surface area contributed by atoms with Gasteiger partial charge in [-0.05, 0) is 55.0 Å². The first-order valence-corrected chi connectivity index (χ1v) is 12.7. The molecule has 0 bridgehead atoms. The predicted octanol–water partition coefficient (Wildman–Crippen LogP) is 5.62. The molecule has 1 atom stereocenters. The first-order chi connectivity index (χ1) is 19.0. The molecule has 1 saturated heterocycles. The summed E-state index contributed by atoms with van der Waals surface area (Å²) < 4.78 is 16.6. The first-order valence-electron chi connectivity index (χ1n) is 12.7. The number of hydrogen-bond donors (Lipinski definition) is 1. The largest absolute Gasteiger partial charge is 0.462 e. The highest BCUT2D eigenvalue weighted by Crippen LogP contribution is 2.24. The van der Waals surface area contributed by atoms with Gasteiger partial charge in [-0.25, -0.2) is 4.79 Å². The van der Waals surface area contributed by atoms with Crippen LogP contribution in [0.25, 0.3) is 17.0 Å². The number of aliphatic hydroxyl groups is 1. The van der Waals surface area contributed by atoms with E-state index in [4.69, 9.17) is 19.0 Å². The molecule has 0 saturated carbocycles. The molecule has 0 aliphatic carbocycles. The van der Waals surface area contributed by atoms with Gasteiger partial charge in [-0.15, -0.1) is 0 Å². The van der Waals surface area contributed by atoms with Gasteiger partial charge in [-0.1, -0.05) is 59.9 Å². The summed E-state index contributed by atoms with van der Waals surface area (Å²) in [6.45, 7) is 2.09. The number of benzene rings is 3. The van der Waals surface area contributed by atoms with Gasteiger partial charge in [0.15, 0.2) is 0 Å². The Morgan fingerprint density at radius 2 is 1.72 bits per heavy atom. The zero-order valence-corrected chi connectivity index (χ0v) is 22.0. The monoisotopic (exact) mass is 522 g/mol. The summed E-state index contributed by atoms with van der Waals surface area (Å²) in [5, 5.41) is 7.94. The summed E-state index contributed by atoms with van der Waals surface area (Å²) in [6, 6.07) is 25.4. The number of ether oxygens (including phenoxy) is 2. The average molecular weight is 523 g/mol.